The molecule has 3 nitrogen and oxygen atoms in total. The number of rotatable bonds is 6. The summed E-state index contributed by atoms with van der Waals surface area (Å²) in [7, 11) is -3.01. The number of unbranched alkanes of at least 4 members (excludes halogenated alkanes) is 2. The van der Waals surface area contributed by atoms with E-state index in [1.807, 2.05) is 0 Å². The summed E-state index contributed by atoms with van der Waals surface area (Å²) in [5, 5.41) is 9.23. The Bertz CT molecular complexity index is 196. The molecule has 0 saturated heterocycles. The minimum absolute atomic E-state index is 0.100. The van der Waals surface area contributed by atoms with Crippen LogP contribution in [0.5, 0.6) is 0 Å². The van der Waals surface area contributed by atoms with Crippen LogP contribution in [0.15, 0.2) is 0 Å². The zero-order valence-electron chi connectivity index (χ0n) is 7.78. The lowest BCUT2D eigenvalue weighted by molar-refractivity contribution is 0.183. The number of hydrogen-bond donors (Lipinski definition) is 1. The van der Waals surface area contributed by atoms with E-state index in [4.69, 9.17) is 0 Å². The molecule has 74 valence electrons. The van der Waals surface area contributed by atoms with Crippen molar-refractivity contribution in [3.63, 3.8) is 0 Å². The summed E-state index contributed by atoms with van der Waals surface area (Å²) in [6.07, 6.45) is 4.13. The second kappa shape index (κ2) is 5.54. The van der Waals surface area contributed by atoms with Gasteiger partial charge in [-0.25, -0.2) is 8.42 Å². The van der Waals surface area contributed by atoms with E-state index >= 15 is 0 Å². The van der Waals surface area contributed by atoms with Crippen molar-refractivity contribution in [2.75, 3.05) is 12.0 Å². The van der Waals surface area contributed by atoms with E-state index in [1.165, 1.54) is 0 Å². The highest BCUT2D eigenvalue weighted by Crippen LogP contribution is 2.04. The van der Waals surface area contributed by atoms with Crippen molar-refractivity contribution in [2.45, 2.75) is 38.7 Å². The third-order valence-corrected chi connectivity index (χ3v) is 2.63. The van der Waals surface area contributed by atoms with Gasteiger partial charge in [0.1, 0.15) is 9.84 Å². The Morgan fingerprint density at radius 1 is 1.33 bits per heavy atom. The Labute approximate surface area is 74.7 Å². The smallest absolute Gasteiger partial charge is 0.149 e. The molecule has 0 amide bonds. The molecule has 0 aliphatic carbocycles. The maximum atomic E-state index is 10.7. The summed E-state index contributed by atoms with van der Waals surface area (Å²) in [6, 6.07) is 0. The average molecular weight is 194 g/mol. The molecule has 0 aliphatic rings. The van der Waals surface area contributed by atoms with E-state index < -0.39 is 15.9 Å². The molecule has 0 unspecified atom stereocenters. The van der Waals surface area contributed by atoms with Gasteiger partial charge in [-0.15, -0.1) is 0 Å². The van der Waals surface area contributed by atoms with Crippen molar-refractivity contribution in [3.8, 4) is 0 Å². The van der Waals surface area contributed by atoms with Crippen molar-refractivity contribution in [2.24, 2.45) is 0 Å². The van der Waals surface area contributed by atoms with Crippen LogP contribution in [-0.4, -0.2) is 31.6 Å². The van der Waals surface area contributed by atoms with Gasteiger partial charge in [-0.3, -0.25) is 0 Å². The molecular formula is C8H18O3S. The van der Waals surface area contributed by atoms with Gasteiger partial charge in [0.15, 0.2) is 0 Å². The van der Waals surface area contributed by atoms with Crippen LogP contribution in [0.25, 0.3) is 0 Å². The highest BCUT2D eigenvalue weighted by molar-refractivity contribution is 7.90. The van der Waals surface area contributed by atoms with Gasteiger partial charge in [-0.2, -0.15) is 0 Å². The molecule has 1 N–H and O–H groups in total. The second-order valence-corrected chi connectivity index (χ2v) is 5.43. The molecule has 0 spiro atoms. The fourth-order valence-electron chi connectivity index (χ4n) is 1.06. The van der Waals surface area contributed by atoms with E-state index in [0.29, 0.717) is 6.42 Å². The van der Waals surface area contributed by atoms with Crippen LogP contribution < -0.4 is 0 Å². The van der Waals surface area contributed by atoms with Gasteiger partial charge < -0.3 is 5.11 Å². The third-order valence-electron chi connectivity index (χ3n) is 1.64. The largest absolute Gasteiger partial charge is 0.392 e. The minimum Gasteiger partial charge on any atom is -0.392 e. The lowest BCUT2D eigenvalue weighted by Gasteiger charge is -2.07. The predicted octanol–water partition coefficient (Wildman–Crippen LogP) is 0.972. The van der Waals surface area contributed by atoms with Crippen LogP contribution >= 0.6 is 0 Å². The van der Waals surface area contributed by atoms with E-state index in [2.05, 4.69) is 6.92 Å². The zero-order valence-corrected chi connectivity index (χ0v) is 8.60. The van der Waals surface area contributed by atoms with Crippen molar-refractivity contribution in [3.05, 3.63) is 0 Å². The summed E-state index contributed by atoms with van der Waals surface area (Å²) in [5.41, 5.74) is 0. The quantitative estimate of drug-likeness (QED) is 0.641. The molecule has 0 aromatic heterocycles. The summed E-state index contributed by atoms with van der Waals surface area (Å²) >= 11 is 0. The molecular weight excluding hydrogens is 176 g/mol. The number of aliphatic hydroxyl groups is 1. The lowest BCUT2D eigenvalue weighted by atomic mass is 10.1. The van der Waals surface area contributed by atoms with Gasteiger partial charge in [-0.05, 0) is 6.42 Å². The second-order valence-electron chi connectivity index (χ2n) is 3.24. The molecule has 0 saturated carbocycles. The maximum Gasteiger partial charge on any atom is 0.149 e. The van der Waals surface area contributed by atoms with Crippen molar-refractivity contribution in [1.29, 1.82) is 0 Å². The first-order chi connectivity index (χ1) is 5.45. The van der Waals surface area contributed by atoms with Crippen LogP contribution in [0.4, 0.5) is 0 Å². The molecule has 0 aliphatic heterocycles. The zero-order chi connectivity index (χ0) is 9.61. The summed E-state index contributed by atoms with van der Waals surface area (Å²) in [5.74, 6) is -0.100. The molecule has 4 heteroatoms. The van der Waals surface area contributed by atoms with Crippen LogP contribution in [0, 0.1) is 0 Å². The number of aliphatic hydroxyl groups excluding tert-OH is 1. The average Bonchev–Trinajstić information content (AvgIpc) is 1.84. The lowest BCUT2D eigenvalue weighted by Crippen LogP contribution is -2.19. The van der Waals surface area contributed by atoms with Gasteiger partial charge in [0.05, 0.1) is 11.9 Å². The van der Waals surface area contributed by atoms with Gasteiger partial charge in [0, 0.05) is 6.26 Å². The van der Waals surface area contributed by atoms with E-state index in [0.717, 1.165) is 25.5 Å². The first kappa shape index (κ1) is 11.9. The SMILES string of the molecule is CCCCC[C@H](O)CS(C)(=O)=O. The Morgan fingerprint density at radius 3 is 2.33 bits per heavy atom. The molecule has 0 aromatic carbocycles. The Morgan fingerprint density at radius 2 is 1.92 bits per heavy atom. The van der Waals surface area contributed by atoms with Gasteiger partial charge in [-0.1, -0.05) is 26.2 Å². The first-order valence-corrected chi connectivity index (χ1v) is 6.37. The Kier molecular flexibility index (Phi) is 5.50. The monoisotopic (exact) mass is 194 g/mol. The van der Waals surface area contributed by atoms with E-state index in [-0.39, 0.29) is 5.75 Å². The summed E-state index contributed by atoms with van der Waals surface area (Å²) in [6.45, 7) is 2.07. The molecule has 1 atom stereocenters. The maximum absolute atomic E-state index is 10.7. The third kappa shape index (κ3) is 8.01. The highest BCUT2D eigenvalue weighted by atomic mass is 32.2. The van der Waals surface area contributed by atoms with Crippen LogP contribution in [0.1, 0.15) is 32.6 Å². The molecule has 12 heavy (non-hydrogen) atoms. The highest BCUT2D eigenvalue weighted by Gasteiger charge is 2.10. The van der Waals surface area contributed by atoms with Crippen LogP contribution in [0.3, 0.4) is 0 Å². The predicted molar refractivity (Wildman–Crippen MR) is 49.9 cm³/mol. The molecule has 0 aromatic rings. The standard InChI is InChI=1S/C8H18O3S/c1-3-4-5-6-8(9)7-12(2,10)11/h8-9H,3-7H2,1-2H3/t8-/m0/s1. The summed E-state index contributed by atoms with van der Waals surface area (Å²) < 4.78 is 21.4. The van der Waals surface area contributed by atoms with Crippen LogP contribution in [0.2, 0.25) is 0 Å². The van der Waals surface area contributed by atoms with Gasteiger partial charge in [0.2, 0.25) is 0 Å². The van der Waals surface area contributed by atoms with Crippen molar-refractivity contribution < 1.29 is 13.5 Å². The molecule has 0 fully saturated rings. The topological polar surface area (TPSA) is 54.4 Å². The first-order valence-electron chi connectivity index (χ1n) is 4.31. The van der Waals surface area contributed by atoms with Gasteiger partial charge in [0.25, 0.3) is 0 Å². The molecule has 0 heterocycles. The van der Waals surface area contributed by atoms with Crippen molar-refractivity contribution in [1.82, 2.24) is 0 Å². The molecule has 0 bridgehead atoms. The minimum atomic E-state index is -3.01. The Balaban J connectivity index is 3.53. The van der Waals surface area contributed by atoms with Crippen molar-refractivity contribution >= 4 is 9.84 Å². The number of sulfone groups is 1. The summed E-state index contributed by atoms with van der Waals surface area (Å²) in [4.78, 5) is 0. The van der Waals surface area contributed by atoms with Crippen LogP contribution in [-0.2, 0) is 9.84 Å². The normalized spacial score (nSPS) is 14.6. The molecule has 0 radical (unpaired) electrons. The molecule has 0 rings (SSSR count). The number of hydrogen-bond acceptors (Lipinski definition) is 3. The van der Waals surface area contributed by atoms with Gasteiger partial charge >= 0.3 is 0 Å². The fourth-order valence-corrected chi connectivity index (χ4v) is 1.93. The fraction of sp³-hybridized carbons (Fsp3) is 1.00. The van der Waals surface area contributed by atoms with E-state index in [9.17, 15) is 13.5 Å². The Hall–Kier alpha value is -0.0900. The van der Waals surface area contributed by atoms with E-state index in [1.54, 1.807) is 0 Å².